The van der Waals surface area contributed by atoms with Crippen molar-refractivity contribution in [2.75, 3.05) is 20.1 Å². The van der Waals surface area contributed by atoms with Crippen molar-refractivity contribution in [1.82, 2.24) is 9.80 Å². The van der Waals surface area contributed by atoms with Gasteiger partial charge >= 0.3 is 0 Å². The van der Waals surface area contributed by atoms with Crippen LogP contribution >= 0.6 is 0 Å². The van der Waals surface area contributed by atoms with E-state index in [2.05, 4.69) is 16.8 Å². The Morgan fingerprint density at radius 3 is 2.33 bits per heavy atom. The quantitative estimate of drug-likeness (QED) is 0.605. The molecule has 3 saturated heterocycles. The molecule has 3 fully saturated rings. The van der Waals surface area contributed by atoms with E-state index in [4.69, 9.17) is 0 Å². The number of aliphatic hydroxyl groups is 1. The predicted octanol–water partition coefficient (Wildman–Crippen LogP) is 0.103. The molecule has 0 spiro atoms. The van der Waals surface area contributed by atoms with Gasteiger partial charge < -0.3 is 10.0 Å². The van der Waals surface area contributed by atoms with E-state index in [0.29, 0.717) is 12.1 Å². The van der Waals surface area contributed by atoms with Crippen LogP contribution in [-0.2, 0) is 0 Å². The minimum absolute atomic E-state index is 0.258. The molecule has 0 aromatic heterocycles. The number of aliphatic hydroxyl groups excluding tert-OH is 1. The zero-order valence-corrected chi connectivity index (χ0v) is 7.90. The largest absolute Gasteiger partial charge is 0.379 e. The van der Waals surface area contributed by atoms with Gasteiger partial charge in [-0.3, -0.25) is 4.90 Å². The first-order valence-corrected chi connectivity index (χ1v) is 4.82. The van der Waals surface area contributed by atoms with Gasteiger partial charge in [0.25, 0.3) is 0 Å². The Balaban J connectivity index is 2.05. The summed E-state index contributed by atoms with van der Waals surface area (Å²) in [4.78, 5) is 4.65. The third-order valence-corrected chi connectivity index (χ3v) is 3.33. The van der Waals surface area contributed by atoms with Crippen molar-refractivity contribution in [3.05, 3.63) is 0 Å². The molecule has 0 aromatic rings. The fraction of sp³-hybridized carbons (Fsp3) is 1.00. The number of nitrogens with zero attached hydrogens (tertiary/aromatic N) is 2. The van der Waals surface area contributed by atoms with E-state index in [1.54, 1.807) is 0 Å². The van der Waals surface area contributed by atoms with Gasteiger partial charge in [0, 0.05) is 25.2 Å². The Morgan fingerprint density at radius 2 is 1.92 bits per heavy atom. The molecule has 3 heteroatoms. The van der Waals surface area contributed by atoms with Crippen molar-refractivity contribution in [3.8, 4) is 0 Å². The van der Waals surface area contributed by atoms with Gasteiger partial charge in [-0.2, -0.15) is 0 Å². The molecular formula is C9H18N2O. The van der Waals surface area contributed by atoms with Gasteiger partial charge in [0.15, 0.2) is 0 Å². The molecule has 3 heterocycles. The zero-order valence-electron chi connectivity index (χ0n) is 7.90. The second-order valence-electron chi connectivity index (χ2n) is 4.15. The maximum absolute atomic E-state index is 9.49. The highest BCUT2D eigenvalue weighted by molar-refractivity contribution is 4.93. The Hall–Kier alpha value is -0.120. The fourth-order valence-corrected chi connectivity index (χ4v) is 2.53. The van der Waals surface area contributed by atoms with Crippen LogP contribution in [0.2, 0.25) is 0 Å². The van der Waals surface area contributed by atoms with Gasteiger partial charge in [-0.25, -0.2) is 0 Å². The van der Waals surface area contributed by atoms with Crippen LogP contribution in [0.4, 0.5) is 0 Å². The normalized spacial score (nSPS) is 40.2. The number of hydrogen-bond donors (Lipinski definition) is 1. The van der Waals surface area contributed by atoms with Gasteiger partial charge in [0.2, 0.25) is 0 Å². The summed E-state index contributed by atoms with van der Waals surface area (Å²) in [5.41, 5.74) is 0. The molecule has 3 rings (SSSR count). The molecule has 70 valence electrons. The summed E-state index contributed by atoms with van der Waals surface area (Å²) < 4.78 is 0. The van der Waals surface area contributed by atoms with Crippen molar-refractivity contribution < 1.29 is 5.11 Å². The minimum Gasteiger partial charge on any atom is -0.379 e. The number of piperidine rings is 2. The predicted molar refractivity (Wildman–Crippen MR) is 47.8 cm³/mol. The molecule has 0 aliphatic carbocycles. The van der Waals surface area contributed by atoms with E-state index in [9.17, 15) is 5.11 Å². The highest BCUT2D eigenvalue weighted by atomic mass is 16.3. The van der Waals surface area contributed by atoms with Crippen LogP contribution in [0.5, 0.6) is 0 Å². The Labute approximate surface area is 74.0 Å². The number of rotatable bonds is 1. The van der Waals surface area contributed by atoms with Crippen LogP contribution in [0.1, 0.15) is 19.8 Å². The van der Waals surface area contributed by atoms with Crippen LogP contribution in [0.25, 0.3) is 0 Å². The topological polar surface area (TPSA) is 26.7 Å². The molecule has 12 heavy (non-hydrogen) atoms. The minimum atomic E-state index is -0.258. The summed E-state index contributed by atoms with van der Waals surface area (Å²) in [7, 11) is 2.19. The van der Waals surface area contributed by atoms with E-state index < -0.39 is 0 Å². The molecule has 3 atom stereocenters. The summed E-state index contributed by atoms with van der Waals surface area (Å²) in [6, 6.07) is 1.28. The first-order valence-electron chi connectivity index (χ1n) is 4.82. The van der Waals surface area contributed by atoms with Crippen molar-refractivity contribution in [2.45, 2.75) is 38.1 Å². The third kappa shape index (κ3) is 1.26. The lowest BCUT2D eigenvalue weighted by molar-refractivity contribution is -0.0918. The molecule has 3 nitrogen and oxygen atoms in total. The third-order valence-electron chi connectivity index (χ3n) is 3.33. The van der Waals surface area contributed by atoms with Crippen LogP contribution < -0.4 is 0 Å². The standard InChI is InChI=1S/C9H18N2O/c1-7(12)11-6-8-3-4-9(11)5-10(8)2/h7-9,12H,3-6H2,1-2H3. The summed E-state index contributed by atoms with van der Waals surface area (Å²) in [6.45, 7) is 4.06. The molecule has 3 aliphatic rings. The van der Waals surface area contributed by atoms with E-state index in [1.807, 2.05) is 6.92 Å². The van der Waals surface area contributed by atoms with Crippen LogP contribution in [0, 0.1) is 0 Å². The van der Waals surface area contributed by atoms with Crippen molar-refractivity contribution in [1.29, 1.82) is 0 Å². The number of piperazine rings is 1. The lowest BCUT2D eigenvalue weighted by Gasteiger charge is -2.51. The van der Waals surface area contributed by atoms with Crippen LogP contribution in [0.15, 0.2) is 0 Å². The molecule has 3 aliphatic heterocycles. The molecule has 0 aromatic carbocycles. The lowest BCUT2D eigenvalue weighted by Crippen LogP contribution is -2.63. The molecule has 0 saturated carbocycles. The van der Waals surface area contributed by atoms with E-state index in [0.717, 1.165) is 13.1 Å². The van der Waals surface area contributed by atoms with Crippen molar-refractivity contribution in [2.24, 2.45) is 0 Å². The van der Waals surface area contributed by atoms with E-state index in [1.165, 1.54) is 12.8 Å². The van der Waals surface area contributed by atoms with E-state index in [-0.39, 0.29) is 6.23 Å². The molecule has 2 bridgehead atoms. The van der Waals surface area contributed by atoms with Gasteiger partial charge in [-0.1, -0.05) is 0 Å². The first kappa shape index (κ1) is 8.48. The SMILES string of the molecule is CC(O)N1CC2CCC1CN2C. The van der Waals surface area contributed by atoms with Crippen LogP contribution in [-0.4, -0.2) is 53.4 Å². The summed E-state index contributed by atoms with van der Waals surface area (Å²) in [5.74, 6) is 0. The first-order chi connectivity index (χ1) is 5.68. The zero-order chi connectivity index (χ0) is 8.72. The summed E-state index contributed by atoms with van der Waals surface area (Å²) >= 11 is 0. The number of fused-ring (bicyclic) bond motifs is 3. The van der Waals surface area contributed by atoms with Gasteiger partial charge in [0.05, 0.1) is 0 Å². The molecule has 0 radical (unpaired) electrons. The molecule has 0 amide bonds. The summed E-state index contributed by atoms with van der Waals surface area (Å²) in [6.07, 6.45) is 2.32. The number of hydrogen-bond acceptors (Lipinski definition) is 3. The summed E-state index contributed by atoms with van der Waals surface area (Å²) in [5, 5.41) is 9.49. The van der Waals surface area contributed by atoms with Gasteiger partial charge in [0.1, 0.15) is 6.23 Å². The Kier molecular flexibility index (Phi) is 2.10. The average Bonchev–Trinajstić information content (AvgIpc) is 2.04. The van der Waals surface area contributed by atoms with Crippen molar-refractivity contribution >= 4 is 0 Å². The molecule has 3 unspecified atom stereocenters. The maximum atomic E-state index is 9.49. The Bertz CT molecular complexity index is 172. The van der Waals surface area contributed by atoms with E-state index >= 15 is 0 Å². The second-order valence-corrected chi connectivity index (χ2v) is 4.15. The monoisotopic (exact) mass is 170 g/mol. The van der Waals surface area contributed by atoms with Crippen molar-refractivity contribution in [3.63, 3.8) is 0 Å². The fourth-order valence-electron chi connectivity index (χ4n) is 2.53. The highest BCUT2D eigenvalue weighted by Gasteiger charge is 2.38. The molecular weight excluding hydrogens is 152 g/mol. The van der Waals surface area contributed by atoms with Gasteiger partial charge in [-0.15, -0.1) is 0 Å². The maximum Gasteiger partial charge on any atom is 0.104 e. The smallest absolute Gasteiger partial charge is 0.104 e. The molecule has 1 N–H and O–H groups in total. The lowest BCUT2D eigenvalue weighted by atomic mass is 9.91. The highest BCUT2D eigenvalue weighted by Crippen LogP contribution is 2.28. The van der Waals surface area contributed by atoms with Crippen LogP contribution in [0.3, 0.4) is 0 Å². The number of likely N-dealkylation sites (N-methyl/N-ethyl adjacent to an activating group) is 1. The Morgan fingerprint density at radius 1 is 1.25 bits per heavy atom. The average molecular weight is 170 g/mol. The van der Waals surface area contributed by atoms with Gasteiger partial charge in [-0.05, 0) is 26.8 Å². The second kappa shape index (κ2) is 2.98.